The standard InChI is InChI=1S/C16H7BrCl2F3N3OS/c17-14-11-6-24-27-13(11)10(5-23-14)12-4-15(26-25-12,16(20,21)22)7-1-8(18)3-9(19)2-7/h1-3,5-6H,4H2. The fraction of sp³-hybridized carbons (Fsp3) is 0.188. The third kappa shape index (κ3) is 3.10. The zero-order valence-corrected chi connectivity index (χ0v) is 16.9. The van der Waals surface area contributed by atoms with Crippen LogP contribution in [0.4, 0.5) is 13.2 Å². The van der Waals surface area contributed by atoms with E-state index in [9.17, 15) is 13.2 Å². The molecule has 2 aromatic heterocycles. The molecule has 1 unspecified atom stereocenters. The van der Waals surface area contributed by atoms with Crippen LogP contribution in [0.25, 0.3) is 10.1 Å². The molecule has 0 saturated carbocycles. The highest BCUT2D eigenvalue weighted by molar-refractivity contribution is 9.10. The van der Waals surface area contributed by atoms with Crippen molar-refractivity contribution in [2.24, 2.45) is 5.16 Å². The monoisotopic (exact) mass is 495 g/mol. The van der Waals surface area contributed by atoms with Crippen LogP contribution >= 0.6 is 50.7 Å². The minimum atomic E-state index is -4.75. The maximum atomic E-state index is 14.1. The highest BCUT2D eigenvalue weighted by Gasteiger charge is 2.62. The van der Waals surface area contributed by atoms with Gasteiger partial charge in [-0.25, -0.2) is 4.98 Å². The van der Waals surface area contributed by atoms with E-state index in [0.717, 1.165) is 11.5 Å². The largest absolute Gasteiger partial charge is 0.435 e. The van der Waals surface area contributed by atoms with Crippen LogP contribution in [0.15, 0.2) is 40.4 Å². The van der Waals surface area contributed by atoms with Gasteiger partial charge in [0.1, 0.15) is 4.60 Å². The van der Waals surface area contributed by atoms with Gasteiger partial charge in [0.05, 0.1) is 23.0 Å². The molecule has 27 heavy (non-hydrogen) atoms. The van der Waals surface area contributed by atoms with E-state index in [0.29, 0.717) is 20.3 Å². The summed E-state index contributed by atoms with van der Waals surface area (Å²) in [5, 5.41) is 4.60. The molecule has 1 atom stereocenters. The van der Waals surface area contributed by atoms with Gasteiger partial charge in [-0.15, -0.1) is 0 Å². The van der Waals surface area contributed by atoms with Crippen molar-refractivity contribution in [3.05, 3.63) is 56.4 Å². The highest BCUT2D eigenvalue weighted by Crippen LogP contribution is 2.50. The van der Waals surface area contributed by atoms with E-state index in [4.69, 9.17) is 28.0 Å². The van der Waals surface area contributed by atoms with Crippen LogP contribution in [0.5, 0.6) is 0 Å². The topological polar surface area (TPSA) is 47.4 Å². The highest BCUT2D eigenvalue weighted by atomic mass is 79.9. The Hall–Kier alpha value is -1.42. The number of pyridine rings is 1. The Bertz CT molecular complexity index is 1070. The first-order valence-electron chi connectivity index (χ1n) is 7.39. The Morgan fingerprint density at radius 2 is 1.85 bits per heavy atom. The van der Waals surface area contributed by atoms with Gasteiger partial charge < -0.3 is 4.84 Å². The molecule has 4 rings (SSSR count). The molecule has 1 aromatic carbocycles. The normalized spacial score (nSPS) is 20.0. The predicted octanol–water partition coefficient (Wildman–Crippen LogP) is 6.34. The number of fused-ring (bicyclic) bond motifs is 1. The van der Waals surface area contributed by atoms with Crippen LogP contribution in [-0.4, -0.2) is 21.2 Å². The van der Waals surface area contributed by atoms with Crippen molar-refractivity contribution in [2.45, 2.75) is 18.2 Å². The number of halogens is 6. The van der Waals surface area contributed by atoms with Crippen molar-refractivity contribution in [1.82, 2.24) is 9.36 Å². The van der Waals surface area contributed by atoms with E-state index in [2.05, 4.69) is 30.4 Å². The maximum Gasteiger partial charge on any atom is 0.435 e. The predicted molar refractivity (Wildman–Crippen MR) is 102 cm³/mol. The molecule has 140 valence electrons. The average molecular weight is 497 g/mol. The molecule has 0 fully saturated rings. The molecule has 0 aliphatic carbocycles. The summed E-state index contributed by atoms with van der Waals surface area (Å²) in [4.78, 5) is 9.17. The van der Waals surface area contributed by atoms with E-state index >= 15 is 0 Å². The molecule has 11 heteroatoms. The van der Waals surface area contributed by atoms with E-state index in [1.54, 1.807) is 6.20 Å². The van der Waals surface area contributed by atoms with Crippen molar-refractivity contribution < 1.29 is 18.0 Å². The summed E-state index contributed by atoms with van der Waals surface area (Å²) < 4.78 is 47.5. The molecule has 4 nitrogen and oxygen atoms in total. The third-order valence-electron chi connectivity index (χ3n) is 4.17. The van der Waals surface area contributed by atoms with Crippen LogP contribution in [0, 0.1) is 0 Å². The number of benzene rings is 1. The number of hydrogen-bond donors (Lipinski definition) is 0. The van der Waals surface area contributed by atoms with Crippen molar-refractivity contribution in [2.75, 3.05) is 0 Å². The lowest BCUT2D eigenvalue weighted by molar-refractivity contribution is -0.275. The summed E-state index contributed by atoms with van der Waals surface area (Å²) in [6, 6.07) is 3.72. The zero-order valence-electron chi connectivity index (χ0n) is 13.0. The second kappa shape index (κ2) is 6.58. The lowest BCUT2D eigenvalue weighted by Gasteiger charge is -2.29. The van der Waals surface area contributed by atoms with Gasteiger partial charge in [0.25, 0.3) is 5.60 Å². The SMILES string of the molecule is FC(F)(F)C1(c2cc(Cl)cc(Cl)c2)CC(c2cnc(Br)c3cnsc23)=NO1. The number of rotatable bonds is 2. The fourth-order valence-electron chi connectivity index (χ4n) is 2.87. The number of alkyl halides is 3. The summed E-state index contributed by atoms with van der Waals surface area (Å²) in [5.41, 5.74) is -2.33. The first-order valence-corrected chi connectivity index (χ1v) is 9.71. The minimum absolute atomic E-state index is 0.0772. The summed E-state index contributed by atoms with van der Waals surface area (Å²) in [5.74, 6) is 0. The summed E-state index contributed by atoms with van der Waals surface area (Å²) in [6.07, 6.45) is -2.25. The second-order valence-electron chi connectivity index (χ2n) is 5.82. The van der Waals surface area contributed by atoms with Crippen molar-refractivity contribution in [1.29, 1.82) is 0 Å². The lowest BCUT2D eigenvalue weighted by atomic mass is 9.87. The summed E-state index contributed by atoms with van der Waals surface area (Å²) >= 11 is 16.3. The summed E-state index contributed by atoms with van der Waals surface area (Å²) in [7, 11) is 0. The minimum Gasteiger partial charge on any atom is -0.374 e. The van der Waals surface area contributed by atoms with Crippen molar-refractivity contribution in [3.8, 4) is 0 Å². The van der Waals surface area contributed by atoms with E-state index in [-0.39, 0.29) is 21.3 Å². The number of hydrogen-bond acceptors (Lipinski definition) is 5. The summed E-state index contributed by atoms with van der Waals surface area (Å²) in [6.45, 7) is 0. The van der Waals surface area contributed by atoms with Gasteiger partial charge >= 0.3 is 6.18 Å². The van der Waals surface area contributed by atoms with Gasteiger partial charge in [-0.1, -0.05) is 28.4 Å². The van der Waals surface area contributed by atoms with Crippen LogP contribution in [-0.2, 0) is 10.4 Å². The average Bonchev–Trinajstić information content (AvgIpc) is 3.22. The van der Waals surface area contributed by atoms with Crippen LogP contribution in [0.1, 0.15) is 17.5 Å². The molecule has 1 aliphatic rings. The van der Waals surface area contributed by atoms with Crippen molar-refractivity contribution in [3.63, 3.8) is 0 Å². The smallest absolute Gasteiger partial charge is 0.374 e. The zero-order chi connectivity index (χ0) is 19.4. The number of nitrogens with zero attached hydrogens (tertiary/aromatic N) is 3. The van der Waals surface area contributed by atoms with Gasteiger partial charge in [0.15, 0.2) is 0 Å². The van der Waals surface area contributed by atoms with E-state index in [1.807, 2.05) is 0 Å². The van der Waals surface area contributed by atoms with E-state index in [1.165, 1.54) is 24.4 Å². The van der Waals surface area contributed by atoms with Crippen LogP contribution in [0.3, 0.4) is 0 Å². The van der Waals surface area contributed by atoms with Crippen LogP contribution in [0.2, 0.25) is 10.0 Å². The molecular weight excluding hydrogens is 490 g/mol. The van der Waals surface area contributed by atoms with E-state index < -0.39 is 18.2 Å². The quantitative estimate of drug-likeness (QED) is 0.389. The Labute approximate surface area is 173 Å². The molecule has 0 N–H and O–H groups in total. The molecule has 3 aromatic rings. The fourth-order valence-corrected chi connectivity index (χ4v) is 4.71. The molecule has 3 heterocycles. The number of oxime groups is 1. The number of aromatic nitrogens is 2. The van der Waals surface area contributed by atoms with Crippen molar-refractivity contribution >= 4 is 66.5 Å². The molecule has 0 bridgehead atoms. The third-order valence-corrected chi connectivity index (χ3v) is 6.07. The van der Waals surface area contributed by atoms with Gasteiger partial charge in [0, 0.05) is 32.8 Å². The van der Waals surface area contributed by atoms with Gasteiger partial charge in [-0.05, 0) is 45.7 Å². The van der Waals surface area contributed by atoms with Gasteiger partial charge in [-0.2, -0.15) is 17.5 Å². The maximum absolute atomic E-state index is 14.1. The first-order chi connectivity index (χ1) is 12.7. The molecule has 1 aliphatic heterocycles. The molecule has 0 amide bonds. The Balaban J connectivity index is 1.82. The molecular formula is C16H7BrCl2F3N3OS. The second-order valence-corrected chi connectivity index (χ2v) is 8.25. The first kappa shape index (κ1) is 18.9. The Morgan fingerprint density at radius 1 is 1.15 bits per heavy atom. The lowest BCUT2D eigenvalue weighted by Crippen LogP contribution is -2.42. The Kier molecular flexibility index (Phi) is 4.61. The Morgan fingerprint density at radius 3 is 2.52 bits per heavy atom. The molecule has 0 radical (unpaired) electrons. The van der Waals surface area contributed by atoms with Crippen LogP contribution < -0.4 is 0 Å². The molecule has 0 saturated heterocycles. The molecule has 0 spiro atoms. The van der Waals surface area contributed by atoms with Gasteiger partial charge in [-0.3, -0.25) is 0 Å². The van der Waals surface area contributed by atoms with Gasteiger partial charge in [0.2, 0.25) is 0 Å².